The van der Waals surface area contributed by atoms with Crippen LogP contribution in [-0.4, -0.2) is 19.3 Å². The monoisotopic (exact) mass is 255 g/mol. The maximum atomic E-state index is 6.04. The molecule has 0 fully saturated rings. The zero-order valence-corrected chi connectivity index (χ0v) is 11.8. The van der Waals surface area contributed by atoms with Gasteiger partial charge in [0.2, 0.25) is 0 Å². The van der Waals surface area contributed by atoms with Crippen molar-refractivity contribution in [1.29, 1.82) is 0 Å². The Labute approximate surface area is 109 Å². The smallest absolute Gasteiger partial charge is 0.0640 e. The number of methoxy groups -OCH3 is 1. The lowest BCUT2D eigenvalue weighted by molar-refractivity contribution is 0.00697. The van der Waals surface area contributed by atoms with Gasteiger partial charge in [0.25, 0.3) is 0 Å². The molecule has 1 atom stereocenters. The summed E-state index contributed by atoms with van der Waals surface area (Å²) in [5.41, 5.74) is 1.07. The van der Waals surface area contributed by atoms with Gasteiger partial charge in [-0.2, -0.15) is 0 Å². The van der Waals surface area contributed by atoms with Crippen LogP contribution in [0.3, 0.4) is 0 Å². The maximum Gasteiger partial charge on any atom is 0.0640 e. The van der Waals surface area contributed by atoms with Crippen molar-refractivity contribution in [2.75, 3.05) is 13.7 Å². The van der Waals surface area contributed by atoms with Gasteiger partial charge in [-0.1, -0.05) is 30.7 Å². The molecular formula is C14H22ClNO. The normalized spacial score (nSPS) is 13.7. The second-order valence-electron chi connectivity index (χ2n) is 4.83. The van der Waals surface area contributed by atoms with Crippen molar-refractivity contribution in [2.24, 2.45) is 0 Å². The Morgan fingerprint density at radius 1 is 1.41 bits per heavy atom. The molecule has 0 spiro atoms. The highest BCUT2D eigenvalue weighted by atomic mass is 35.5. The number of hydrogen-bond donors (Lipinski definition) is 1. The molecule has 2 nitrogen and oxygen atoms in total. The molecule has 1 N–H and O–H groups in total. The molecule has 0 heterocycles. The minimum atomic E-state index is -0.144. The predicted molar refractivity (Wildman–Crippen MR) is 73.6 cm³/mol. The van der Waals surface area contributed by atoms with Crippen molar-refractivity contribution in [3.8, 4) is 0 Å². The molecule has 0 saturated heterocycles. The molecule has 1 unspecified atom stereocenters. The highest BCUT2D eigenvalue weighted by Crippen LogP contribution is 2.27. The van der Waals surface area contributed by atoms with Crippen LogP contribution >= 0.6 is 11.6 Å². The van der Waals surface area contributed by atoms with E-state index in [1.807, 2.05) is 18.2 Å². The van der Waals surface area contributed by atoms with E-state index < -0.39 is 0 Å². The summed E-state index contributed by atoms with van der Waals surface area (Å²) in [7, 11) is 1.75. The topological polar surface area (TPSA) is 21.3 Å². The van der Waals surface area contributed by atoms with Crippen LogP contribution in [0.5, 0.6) is 0 Å². The molecular weight excluding hydrogens is 234 g/mol. The molecule has 96 valence electrons. The molecule has 0 aliphatic carbocycles. The molecule has 3 heteroatoms. The van der Waals surface area contributed by atoms with Gasteiger partial charge in [-0.3, -0.25) is 0 Å². The molecule has 0 saturated carbocycles. The average molecular weight is 256 g/mol. The largest absolute Gasteiger partial charge is 0.379 e. The Hall–Kier alpha value is -0.570. The van der Waals surface area contributed by atoms with E-state index in [0.717, 1.165) is 18.0 Å². The van der Waals surface area contributed by atoms with Crippen LogP contribution in [0.25, 0.3) is 0 Å². The van der Waals surface area contributed by atoms with Crippen LogP contribution < -0.4 is 5.32 Å². The van der Waals surface area contributed by atoms with Crippen LogP contribution in [0.2, 0.25) is 5.02 Å². The fourth-order valence-corrected chi connectivity index (χ4v) is 2.05. The van der Waals surface area contributed by atoms with Gasteiger partial charge in [-0.15, -0.1) is 0 Å². The van der Waals surface area contributed by atoms with E-state index in [1.165, 1.54) is 5.56 Å². The predicted octanol–water partition coefficient (Wildman–Crippen LogP) is 3.81. The van der Waals surface area contributed by atoms with E-state index in [9.17, 15) is 0 Å². The zero-order valence-electron chi connectivity index (χ0n) is 11.1. The number of hydrogen-bond acceptors (Lipinski definition) is 2. The van der Waals surface area contributed by atoms with E-state index in [0.29, 0.717) is 0 Å². The second kappa shape index (κ2) is 6.39. The lowest BCUT2D eigenvalue weighted by Gasteiger charge is -2.29. The molecule has 0 aliphatic rings. The average Bonchev–Trinajstić information content (AvgIpc) is 2.28. The minimum Gasteiger partial charge on any atom is -0.379 e. The Kier molecular flexibility index (Phi) is 5.44. The third-order valence-corrected chi connectivity index (χ3v) is 3.18. The van der Waals surface area contributed by atoms with Gasteiger partial charge in [0.05, 0.1) is 5.60 Å². The maximum absolute atomic E-state index is 6.04. The van der Waals surface area contributed by atoms with Crippen LogP contribution in [0.4, 0.5) is 0 Å². The number of halogens is 1. The van der Waals surface area contributed by atoms with Gasteiger partial charge in [0.15, 0.2) is 0 Å². The van der Waals surface area contributed by atoms with E-state index in [-0.39, 0.29) is 11.6 Å². The summed E-state index contributed by atoms with van der Waals surface area (Å²) >= 11 is 6.04. The summed E-state index contributed by atoms with van der Waals surface area (Å²) < 4.78 is 5.49. The summed E-state index contributed by atoms with van der Waals surface area (Å²) in [5, 5.41) is 4.26. The summed E-state index contributed by atoms with van der Waals surface area (Å²) in [6.07, 6.45) is 0.914. The fourth-order valence-electron chi connectivity index (χ4n) is 1.85. The van der Waals surface area contributed by atoms with E-state index in [1.54, 1.807) is 7.11 Å². The molecule has 1 rings (SSSR count). The summed E-state index contributed by atoms with van der Waals surface area (Å²) in [4.78, 5) is 0. The van der Waals surface area contributed by atoms with Gasteiger partial charge < -0.3 is 10.1 Å². The van der Waals surface area contributed by atoms with E-state index >= 15 is 0 Å². The Balaban J connectivity index is 2.85. The molecule has 0 bridgehead atoms. The lowest BCUT2D eigenvalue weighted by atomic mass is 9.93. The van der Waals surface area contributed by atoms with Gasteiger partial charge in [0, 0.05) is 18.2 Å². The van der Waals surface area contributed by atoms with Crippen LogP contribution in [0.1, 0.15) is 38.8 Å². The summed E-state index contributed by atoms with van der Waals surface area (Å²) in [6, 6.07) is 8.27. The number of benzene rings is 1. The van der Waals surface area contributed by atoms with E-state index in [4.69, 9.17) is 16.3 Å². The van der Waals surface area contributed by atoms with Crippen molar-refractivity contribution in [3.63, 3.8) is 0 Å². The van der Waals surface area contributed by atoms with Crippen molar-refractivity contribution >= 4 is 11.6 Å². The van der Waals surface area contributed by atoms with Gasteiger partial charge in [-0.05, 0) is 44.5 Å². The van der Waals surface area contributed by atoms with Crippen LogP contribution in [-0.2, 0) is 4.74 Å². The second-order valence-corrected chi connectivity index (χ2v) is 5.27. The highest BCUT2D eigenvalue weighted by molar-refractivity contribution is 6.30. The number of ether oxygens (including phenoxy) is 1. The Morgan fingerprint density at radius 3 is 2.65 bits per heavy atom. The van der Waals surface area contributed by atoms with Crippen molar-refractivity contribution in [3.05, 3.63) is 34.9 Å². The quantitative estimate of drug-likeness (QED) is 0.835. The lowest BCUT2D eigenvalue weighted by Crippen LogP contribution is -2.32. The molecule has 0 aromatic heterocycles. The third kappa shape index (κ3) is 4.66. The van der Waals surface area contributed by atoms with Crippen LogP contribution in [0, 0.1) is 0 Å². The highest BCUT2D eigenvalue weighted by Gasteiger charge is 2.23. The SMILES string of the molecule is CCNC(CC(C)(C)OC)c1cccc(Cl)c1. The first-order valence-electron chi connectivity index (χ1n) is 6.02. The first-order chi connectivity index (χ1) is 7.98. The molecule has 0 radical (unpaired) electrons. The molecule has 1 aromatic rings. The molecule has 1 aromatic carbocycles. The summed E-state index contributed by atoms with van der Waals surface area (Å²) in [5.74, 6) is 0. The Morgan fingerprint density at radius 2 is 2.12 bits per heavy atom. The van der Waals surface area contributed by atoms with Gasteiger partial charge in [0.1, 0.15) is 0 Å². The fraction of sp³-hybridized carbons (Fsp3) is 0.571. The molecule has 0 aliphatic heterocycles. The van der Waals surface area contributed by atoms with Crippen LogP contribution in [0.15, 0.2) is 24.3 Å². The number of rotatable bonds is 6. The van der Waals surface area contributed by atoms with Crippen molar-refractivity contribution in [2.45, 2.75) is 38.8 Å². The van der Waals surface area contributed by atoms with Gasteiger partial charge >= 0.3 is 0 Å². The van der Waals surface area contributed by atoms with Crippen molar-refractivity contribution < 1.29 is 4.74 Å². The first-order valence-corrected chi connectivity index (χ1v) is 6.40. The molecule has 0 amide bonds. The van der Waals surface area contributed by atoms with Gasteiger partial charge in [-0.25, -0.2) is 0 Å². The summed E-state index contributed by atoms with van der Waals surface area (Å²) in [6.45, 7) is 7.23. The number of nitrogens with one attached hydrogen (secondary N) is 1. The Bertz CT molecular complexity index is 352. The van der Waals surface area contributed by atoms with E-state index in [2.05, 4.69) is 32.2 Å². The van der Waals surface area contributed by atoms with Crippen molar-refractivity contribution in [1.82, 2.24) is 5.32 Å². The molecule has 17 heavy (non-hydrogen) atoms. The minimum absolute atomic E-state index is 0.144. The standard InChI is InChI=1S/C14H22ClNO/c1-5-16-13(10-14(2,3)17-4)11-7-6-8-12(15)9-11/h6-9,13,16H,5,10H2,1-4H3. The zero-order chi connectivity index (χ0) is 12.9. The first kappa shape index (κ1) is 14.5. The third-order valence-electron chi connectivity index (χ3n) is 2.95.